The van der Waals surface area contributed by atoms with Gasteiger partial charge in [-0.2, -0.15) is 0 Å². The highest BCUT2D eigenvalue weighted by Crippen LogP contribution is 2.46. The van der Waals surface area contributed by atoms with E-state index < -0.39 is 9.29 Å². The maximum Gasteiger partial charge on any atom is 0.261 e. The average Bonchev–Trinajstić information content (AvgIpc) is 2.96. The lowest BCUT2D eigenvalue weighted by atomic mass is 9.82. The van der Waals surface area contributed by atoms with Crippen LogP contribution >= 0.6 is 0 Å². The predicted molar refractivity (Wildman–Crippen MR) is 168 cm³/mol. The first-order valence-corrected chi connectivity index (χ1v) is 14.8. The molecule has 0 saturated carbocycles. The molecule has 0 spiro atoms. The number of carbonyl (C=O) groups is 4. The summed E-state index contributed by atoms with van der Waals surface area (Å²) >= 11 is 0. The lowest BCUT2D eigenvalue weighted by Crippen LogP contribution is -2.43. The first-order valence-electron chi connectivity index (χ1n) is 14.8. The number of nitrogens with zero attached hydrogens (tertiary/aromatic N) is 4. The Kier molecular flexibility index (Phi) is 6.12. The van der Waals surface area contributed by atoms with Gasteiger partial charge in [-0.3, -0.25) is 29.0 Å². The number of amides is 4. The van der Waals surface area contributed by atoms with Crippen LogP contribution in [0, 0.1) is 10.4 Å². The zero-order valence-corrected chi connectivity index (χ0v) is 25.1. The van der Waals surface area contributed by atoms with E-state index in [0.717, 1.165) is 32.3 Å². The van der Waals surface area contributed by atoms with E-state index in [1.165, 1.54) is 38.0 Å². The van der Waals surface area contributed by atoms with Gasteiger partial charge in [-0.15, -0.1) is 0 Å². The summed E-state index contributed by atoms with van der Waals surface area (Å²) < 4.78 is -1.00. The molecule has 4 amide bonds. The number of hydroxylamine groups is 6. The van der Waals surface area contributed by atoms with E-state index >= 15 is 0 Å². The van der Waals surface area contributed by atoms with Gasteiger partial charge >= 0.3 is 0 Å². The molecule has 0 bridgehead atoms. The van der Waals surface area contributed by atoms with E-state index in [4.69, 9.17) is 0 Å². The zero-order chi connectivity index (χ0) is 31.3. The van der Waals surface area contributed by atoms with E-state index in [-0.39, 0.29) is 49.8 Å². The molecule has 0 aromatic heterocycles. The van der Waals surface area contributed by atoms with Crippen LogP contribution < -0.4 is 0 Å². The predicted octanol–water partition coefficient (Wildman–Crippen LogP) is 4.86. The van der Waals surface area contributed by atoms with E-state index in [2.05, 4.69) is 0 Å². The maximum atomic E-state index is 13.6. The molecule has 0 aliphatic carbocycles. The summed E-state index contributed by atoms with van der Waals surface area (Å²) in [7, 11) is 6.12. The topological polar surface area (TPSA) is 121 Å². The molecule has 2 aliphatic heterocycles. The molecule has 44 heavy (non-hydrogen) atoms. The molecular formula is C34H32N4O6. The van der Waals surface area contributed by atoms with Crippen LogP contribution in [-0.4, -0.2) is 97.1 Å². The minimum Gasteiger partial charge on any atom is -0.633 e. The second-order valence-corrected chi connectivity index (χ2v) is 13.0. The Morgan fingerprint density at radius 2 is 0.750 bits per heavy atom. The summed E-state index contributed by atoms with van der Waals surface area (Å²) in [4.78, 5) is 57.0. The average molecular weight is 593 g/mol. The normalized spacial score (nSPS) is 15.7. The fourth-order valence-corrected chi connectivity index (χ4v) is 6.99. The van der Waals surface area contributed by atoms with Gasteiger partial charge in [0, 0.05) is 59.0 Å². The minimum absolute atomic E-state index is 0.159. The van der Waals surface area contributed by atoms with Gasteiger partial charge in [0.1, 0.15) is 0 Å². The van der Waals surface area contributed by atoms with Crippen molar-refractivity contribution < 1.29 is 28.5 Å². The van der Waals surface area contributed by atoms with Crippen LogP contribution in [-0.2, 0) is 0 Å². The quantitative estimate of drug-likeness (QED) is 0.0835. The maximum absolute atomic E-state index is 13.6. The number of hydrogen-bond acceptors (Lipinski definition) is 6. The second kappa shape index (κ2) is 9.51. The summed E-state index contributed by atoms with van der Waals surface area (Å²) in [6, 6.07) is 14.5. The van der Waals surface area contributed by atoms with Gasteiger partial charge in [-0.05, 0) is 56.6 Å². The van der Waals surface area contributed by atoms with Crippen LogP contribution in [0.4, 0.5) is 0 Å². The summed E-state index contributed by atoms with van der Waals surface area (Å²) in [6.45, 7) is 0.879. The van der Waals surface area contributed by atoms with Gasteiger partial charge in [-0.1, -0.05) is 24.3 Å². The van der Waals surface area contributed by atoms with Gasteiger partial charge in [0.05, 0.1) is 41.3 Å². The number of rotatable bonds is 8. The first kappa shape index (κ1) is 28.3. The van der Waals surface area contributed by atoms with E-state index in [1.807, 2.05) is 24.3 Å². The Labute approximate surface area is 253 Å². The van der Waals surface area contributed by atoms with Crippen molar-refractivity contribution in [1.82, 2.24) is 9.80 Å². The number of fused-ring (bicyclic) bond motifs is 2. The molecule has 5 aromatic rings. The van der Waals surface area contributed by atoms with Crippen LogP contribution in [0.15, 0.2) is 48.5 Å². The van der Waals surface area contributed by atoms with E-state index in [0.29, 0.717) is 45.9 Å². The Bertz CT molecular complexity index is 1820. The number of benzene rings is 5. The molecule has 0 saturated heterocycles. The third-order valence-corrected chi connectivity index (χ3v) is 8.96. The summed E-state index contributed by atoms with van der Waals surface area (Å²) in [6.07, 6.45) is 0.792. The smallest absolute Gasteiger partial charge is 0.261 e. The Hall–Kier alpha value is -4.48. The lowest BCUT2D eigenvalue weighted by Gasteiger charge is -2.35. The molecule has 2 aliphatic rings. The van der Waals surface area contributed by atoms with Crippen LogP contribution in [0.2, 0.25) is 0 Å². The molecule has 0 fully saturated rings. The van der Waals surface area contributed by atoms with Gasteiger partial charge in [0.15, 0.2) is 0 Å². The van der Waals surface area contributed by atoms with Crippen molar-refractivity contribution in [1.29, 1.82) is 0 Å². The fourth-order valence-electron chi connectivity index (χ4n) is 6.99. The number of hydrogen-bond donors (Lipinski definition) is 0. The molecule has 0 N–H and O–H groups in total. The van der Waals surface area contributed by atoms with Crippen LogP contribution in [0.25, 0.3) is 43.1 Å². The van der Waals surface area contributed by atoms with Crippen molar-refractivity contribution >= 4 is 66.7 Å². The third-order valence-electron chi connectivity index (χ3n) is 8.96. The third kappa shape index (κ3) is 4.17. The van der Waals surface area contributed by atoms with Crippen LogP contribution in [0.5, 0.6) is 0 Å². The van der Waals surface area contributed by atoms with E-state index in [1.54, 1.807) is 24.3 Å². The standard InChI is InChI=1S/C34H32N4O6/c1-37(2,43)17-5-15-35-31(39)23-11-7-19-21-9-13-25-30-26(34(42)36(33(25)41)16-6-18-38(3,4)44)14-10-22(28(21)30)20-8-12-24(32(35)40)29(23)27(19)20/h7-14H,5-6,15-18H2,1-4H3. The number of carbonyl (C=O) groups excluding carboxylic acids is 4. The van der Waals surface area contributed by atoms with Crippen molar-refractivity contribution in [2.24, 2.45) is 0 Å². The summed E-state index contributed by atoms with van der Waals surface area (Å²) in [5, 5.41) is 30.2. The monoisotopic (exact) mass is 592 g/mol. The van der Waals surface area contributed by atoms with Gasteiger partial charge in [-0.25, -0.2) is 0 Å². The summed E-state index contributed by atoms with van der Waals surface area (Å²) in [5.41, 5.74) is 1.74. The van der Waals surface area contributed by atoms with Crippen molar-refractivity contribution in [2.75, 3.05) is 54.4 Å². The number of quaternary nitrogens is 2. The van der Waals surface area contributed by atoms with Crippen molar-refractivity contribution in [3.63, 3.8) is 0 Å². The second-order valence-electron chi connectivity index (χ2n) is 13.0. The molecule has 0 unspecified atom stereocenters. The number of imide groups is 2. The highest BCUT2D eigenvalue weighted by molar-refractivity contribution is 6.41. The highest BCUT2D eigenvalue weighted by atomic mass is 16.5. The first-order chi connectivity index (χ1) is 20.8. The molecule has 2 heterocycles. The summed E-state index contributed by atoms with van der Waals surface area (Å²) in [5.74, 6) is -1.52. The molecule has 0 radical (unpaired) electrons. The minimum atomic E-state index is -0.502. The molecule has 7 rings (SSSR count). The Morgan fingerprint density at radius 1 is 0.477 bits per heavy atom. The molecule has 5 aromatic carbocycles. The largest absolute Gasteiger partial charge is 0.633 e. The molecular weight excluding hydrogens is 560 g/mol. The fraction of sp³-hybridized carbons (Fsp3) is 0.294. The van der Waals surface area contributed by atoms with Crippen molar-refractivity contribution in [3.8, 4) is 0 Å². The van der Waals surface area contributed by atoms with Crippen molar-refractivity contribution in [2.45, 2.75) is 12.8 Å². The Morgan fingerprint density at radius 3 is 1.00 bits per heavy atom. The Balaban J connectivity index is 1.38. The van der Waals surface area contributed by atoms with Crippen molar-refractivity contribution in [3.05, 3.63) is 81.2 Å². The highest BCUT2D eigenvalue weighted by Gasteiger charge is 2.36. The van der Waals surface area contributed by atoms with Crippen LogP contribution in [0.1, 0.15) is 54.3 Å². The zero-order valence-electron chi connectivity index (χ0n) is 25.1. The molecule has 224 valence electrons. The van der Waals surface area contributed by atoms with E-state index in [9.17, 15) is 29.6 Å². The lowest BCUT2D eigenvalue weighted by molar-refractivity contribution is -0.840. The molecule has 10 nitrogen and oxygen atoms in total. The van der Waals surface area contributed by atoms with Crippen LogP contribution in [0.3, 0.4) is 0 Å². The molecule has 10 heteroatoms. The van der Waals surface area contributed by atoms with Gasteiger partial charge < -0.3 is 19.7 Å². The van der Waals surface area contributed by atoms with Gasteiger partial charge in [0.25, 0.3) is 23.6 Å². The SMILES string of the molecule is C[N+](C)([O-])CCCN1C(=O)c2ccc3c4ccc5c6c(ccc(c7ccc(c2c37)C1=O)c64)C(=O)N(CCC[N+](C)(C)[O-])C5=O. The van der Waals surface area contributed by atoms with Gasteiger partial charge in [0.2, 0.25) is 0 Å². The molecule has 0 atom stereocenters.